The van der Waals surface area contributed by atoms with E-state index < -0.39 is 32.1 Å². The molecule has 2 atom stereocenters. The second-order valence-electron chi connectivity index (χ2n) is 9.59. The molecular formula is C30H32N3O4S2+. The average Bonchev–Trinajstić information content (AvgIpc) is 3.45. The van der Waals surface area contributed by atoms with E-state index in [0.29, 0.717) is 13.1 Å². The Labute approximate surface area is 230 Å². The molecule has 1 saturated heterocycles. The summed E-state index contributed by atoms with van der Waals surface area (Å²) in [4.78, 5) is 0.374. The number of nitrogens with two attached hydrogens (primary N) is 1. The predicted molar refractivity (Wildman–Crippen MR) is 150 cm³/mol. The summed E-state index contributed by atoms with van der Waals surface area (Å²) < 4.78 is 59.4. The maximum Gasteiger partial charge on any atom is 0.243 e. The second-order valence-corrected chi connectivity index (χ2v) is 13.4. The largest absolute Gasteiger partial charge is 0.343 e. The molecule has 0 radical (unpaired) electrons. The molecule has 7 nitrogen and oxygen atoms in total. The van der Waals surface area contributed by atoms with Gasteiger partial charge in [-0.05, 0) is 35.4 Å². The zero-order valence-corrected chi connectivity index (χ0v) is 23.1. The summed E-state index contributed by atoms with van der Waals surface area (Å²) in [6.07, 6.45) is 0. The van der Waals surface area contributed by atoms with E-state index in [1.54, 1.807) is 60.7 Å². The first-order chi connectivity index (χ1) is 18.9. The lowest BCUT2D eigenvalue weighted by Gasteiger charge is -2.35. The number of hydrogen-bond donors (Lipinski definition) is 1. The van der Waals surface area contributed by atoms with E-state index in [9.17, 15) is 16.8 Å². The van der Waals surface area contributed by atoms with Crippen molar-refractivity contribution in [2.45, 2.75) is 35.0 Å². The molecule has 9 heteroatoms. The average molecular weight is 563 g/mol. The van der Waals surface area contributed by atoms with Crippen molar-refractivity contribution in [2.75, 3.05) is 13.1 Å². The lowest BCUT2D eigenvalue weighted by Crippen LogP contribution is -2.82. The van der Waals surface area contributed by atoms with E-state index in [1.165, 1.54) is 8.61 Å². The molecule has 202 valence electrons. The van der Waals surface area contributed by atoms with Crippen LogP contribution < -0.4 is 5.32 Å². The Balaban J connectivity index is 1.60. The molecule has 1 aliphatic heterocycles. The fourth-order valence-electron chi connectivity index (χ4n) is 5.11. The molecule has 0 saturated carbocycles. The van der Waals surface area contributed by atoms with Crippen LogP contribution in [0.5, 0.6) is 0 Å². The topological polar surface area (TPSA) is 91.4 Å². The first-order valence-corrected chi connectivity index (χ1v) is 15.8. The molecule has 4 aromatic carbocycles. The van der Waals surface area contributed by atoms with Gasteiger partial charge in [-0.1, -0.05) is 97.1 Å². The minimum Gasteiger partial charge on any atom is -0.343 e. The summed E-state index contributed by atoms with van der Waals surface area (Å²) in [5, 5.41) is 2.01. The number of nitrogens with zero attached hydrogens (tertiary/aromatic N) is 2. The molecule has 1 aliphatic rings. The molecule has 1 heterocycles. The van der Waals surface area contributed by atoms with Crippen molar-refractivity contribution in [3.8, 4) is 0 Å². The summed E-state index contributed by atoms with van der Waals surface area (Å²) in [5.74, 6) is 0. The third-order valence-electron chi connectivity index (χ3n) is 7.06. The number of benzene rings is 4. The van der Waals surface area contributed by atoms with Crippen LogP contribution in [-0.2, 0) is 33.1 Å². The third-order valence-corrected chi connectivity index (χ3v) is 10.8. The molecule has 2 N–H and O–H groups in total. The lowest BCUT2D eigenvalue weighted by atomic mass is 10.1. The Morgan fingerprint density at radius 1 is 0.513 bits per heavy atom. The van der Waals surface area contributed by atoms with Crippen molar-refractivity contribution in [1.29, 1.82) is 0 Å². The fourth-order valence-corrected chi connectivity index (χ4v) is 8.46. The predicted octanol–water partition coefficient (Wildman–Crippen LogP) is 3.08. The summed E-state index contributed by atoms with van der Waals surface area (Å²) in [5.41, 5.74) is 1.67. The van der Waals surface area contributed by atoms with E-state index >= 15 is 0 Å². The highest BCUT2D eigenvalue weighted by molar-refractivity contribution is 7.89. The molecular weight excluding hydrogens is 530 g/mol. The Kier molecular flexibility index (Phi) is 8.25. The van der Waals surface area contributed by atoms with Crippen LogP contribution in [0.1, 0.15) is 11.1 Å². The zero-order chi connectivity index (χ0) is 27.3. The van der Waals surface area contributed by atoms with Gasteiger partial charge in [0.15, 0.2) is 0 Å². The standard InChI is InChI=1S/C30H31N3O4S2/c34-38(35,27-17-9-3-10-18-27)32(23-25-13-5-1-6-14-25)29-21-31-22-30(29)33(24-26-15-7-2-8-16-26)39(36,37)28-19-11-4-12-20-28/h1-20,29-31H,21-24H2/p+1/t29-,30-/m0/s1. The molecule has 4 aromatic rings. The first kappa shape index (κ1) is 27.2. The summed E-state index contributed by atoms with van der Waals surface area (Å²) in [6.45, 7) is 1.16. The molecule has 0 aromatic heterocycles. The highest BCUT2D eigenvalue weighted by atomic mass is 32.2. The van der Waals surface area contributed by atoms with Gasteiger partial charge in [-0.3, -0.25) is 0 Å². The van der Waals surface area contributed by atoms with Gasteiger partial charge in [-0.25, -0.2) is 16.8 Å². The second kappa shape index (κ2) is 11.8. The molecule has 39 heavy (non-hydrogen) atoms. The SMILES string of the molecule is O=S(=O)(c1ccccc1)N(Cc1ccccc1)[C@H]1C[NH2+]C[C@@H]1N(Cc1ccccc1)S(=O)(=O)c1ccccc1. The normalized spacial score (nSPS) is 18.0. The van der Waals surface area contributed by atoms with Crippen molar-refractivity contribution in [2.24, 2.45) is 0 Å². The van der Waals surface area contributed by atoms with Crippen molar-refractivity contribution in [3.63, 3.8) is 0 Å². The van der Waals surface area contributed by atoms with Gasteiger partial charge in [0.1, 0.15) is 0 Å². The molecule has 0 aliphatic carbocycles. The van der Waals surface area contributed by atoms with Crippen LogP contribution in [0.2, 0.25) is 0 Å². The van der Waals surface area contributed by atoms with Crippen LogP contribution in [0, 0.1) is 0 Å². The Morgan fingerprint density at radius 2 is 0.821 bits per heavy atom. The van der Waals surface area contributed by atoms with E-state index in [0.717, 1.165) is 11.1 Å². The highest BCUT2D eigenvalue weighted by Gasteiger charge is 2.47. The van der Waals surface area contributed by atoms with Crippen molar-refractivity contribution >= 4 is 20.0 Å². The number of rotatable bonds is 10. The molecule has 5 rings (SSSR count). The zero-order valence-electron chi connectivity index (χ0n) is 21.5. The van der Waals surface area contributed by atoms with Crippen LogP contribution in [0.25, 0.3) is 0 Å². The quantitative estimate of drug-likeness (QED) is 0.322. The molecule has 0 bridgehead atoms. The molecule has 0 amide bonds. The number of sulfonamides is 2. The molecule has 1 fully saturated rings. The van der Waals surface area contributed by atoms with Crippen LogP contribution in [-0.4, -0.2) is 50.6 Å². The van der Waals surface area contributed by atoms with Gasteiger partial charge in [0.25, 0.3) is 0 Å². The Morgan fingerprint density at radius 3 is 1.15 bits per heavy atom. The van der Waals surface area contributed by atoms with Crippen molar-refractivity contribution in [1.82, 2.24) is 8.61 Å². The van der Waals surface area contributed by atoms with Gasteiger partial charge in [0.05, 0.1) is 35.0 Å². The van der Waals surface area contributed by atoms with Gasteiger partial charge in [0.2, 0.25) is 20.0 Å². The van der Waals surface area contributed by atoms with Gasteiger partial charge in [0, 0.05) is 13.1 Å². The van der Waals surface area contributed by atoms with Crippen molar-refractivity contribution < 1.29 is 22.2 Å². The van der Waals surface area contributed by atoms with Crippen LogP contribution in [0.4, 0.5) is 0 Å². The van der Waals surface area contributed by atoms with Gasteiger partial charge < -0.3 is 5.32 Å². The minimum absolute atomic E-state index is 0.137. The van der Waals surface area contributed by atoms with Gasteiger partial charge >= 0.3 is 0 Å². The minimum atomic E-state index is -3.94. The van der Waals surface area contributed by atoms with Crippen molar-refractivity contribution in [3.05, 3.63) is 132 Å². The third kappa shape index (κ3) is 5.98. The van der Waals surface area contributed by atoms with E-state index in [1.807, 2.05) is 66.0 Å². The van der Waals surface area contributed by atoms with E-state index in [2.05, 4.69) is 0 Å². The number of quaternary nitrogens is 1. The molecule has 0 spiro atoms. The highest BCUT2D eigenvalue weighted by Crippen LogP contribution is 2.29. The maximum absolute atomic E-state index is 14.1. The Bertz CT molecular complexity index is 1450. The number of hydrogen-bond acceptors (Lipinski definition) is 4. The Hall–Kier alpha value is -3.34. The molecule has 0 unspecified atom stereocenters. The maximum atomic E-state index is 14.1. The van der Waals surface area contributed by atoms with E-state index in [-0.39, 0.29) is 22.9 Å². The smallest absolute Gasteiger partial charge is 0.243 e. The van der Waals surface area contributed by atoms with Gasteiger partial charge in [-0.15, -0.1) is 0 Å². The summed E-state index contributed by atoms with van der Waals surface area (Å²) >= 11 is 0. The monoisotopic (exact) mass is 562 g/mol. The van der Waals surface area contributed by atoms with E-state index in [4.69, 9.17) is 0 Å². The van der Waals surface area contributed by atoms with Gasteiger partial charge in [-0.2, -0.15) is 8.61 Å². The van der Waals surface area contributed by atoms with Crippen LogP contribution >= 0.6 is 0 Å². The first-order valence-electron chi connectivity index (χ1n) is 12.9. The summed E-state index contributed by atoms with van der Waals surface area (Å²) in [7, 11) is -7.88. The van der Waals surface area contributed by atoms with Crippen LogP contribution in [0.15, 0.2) is 131 Å². The summed E-state index contributed by atoms with van der Waals surface area (Å²) in [6, 6.07) is 34.4. The fraction of sp³-hybridized carbons (Fsp3) is 0.200. The lowest BCUT2D eigenvalue weighted by molar-refractivity contribution is -0.638. The van der Waals surface area contributed by atoms with Crippen LogP contribution in [0.3, 0.4) is 0 Å².